The third kappa shape index (κ3) is 7.08. The summed E-state index contributed by atoms with van der Waals surface area (Å²) in [6.07, 6.45) is -1.18. The number of rotatable bonds is 3. The number of nitrogens with zero attached hydrogens (tertiary/aromatic N) is 1. The highest BCUT2D eigenvalue weighted by atomic mass is 16.6. The van der Waals surface area contributed by atoms with Gasteiger partial charge in [0.05, 0.1) is 6.10 Å². The zero-order valence-electron chi connectivity index (χ0n) is 7.00. The van der Waals surface area contributed by atoms with Gasteiger partial charge in [-0.05, 0) is 6.92 Å². The molecule has 1 atom stereocenters. The van der Waals surface area contributed by atoms with Gasteiger partial charge in [0.1, 0.15) is 6.61 Å². The minimum Gasteiger partial charge on any atom is -0.446 e. The second kappa shape index (κ2) is 4.92. The normalized spacial score (nSPS) is 12.8. The van der Waals surface area contributed by atoms with Crippen molar-refractivity contribution in [2.75, 3.05) is 20.7 Å². The number of hydrogen-bond donors (Lipinski definition) is 2. The third-order valence-electron chi connectivity index (χ3n) is 0.771. The summed E-state index contributed by atoms with van der Waals surface area (Å²) in [5, 5.41) is 10.2. The number of hydrazine groups is 1. The van der Waals surface area contributed by atoms with E-state index in [4.69, 9.17) is 5.11 Å². The highest BCUT2D eigenvalue weighted by Gasteiger charge is 2.03. The predicted octanol–water partition coefficient (Wildman–Crippen LogP) is -0.430. The Hall–Kier alpha value is -0.810. The lowest BCUT2D eigenvalue weighted by molar-refractivity contribution is 0.0673. The quantitative estimate of drug-likeness (QED) is 0.553. The minimum atomic E-state index is -0.622. The first-order valence-electron chi connectivity index (χ1n) is 3.31. The number of aliphatic hydroxyl groups excluding tert-OH is 1. The molecule has 0 aliphatic heterocycles. The summed E-state index contributed by atoms with van der Waals surface area (Å²) < 4.78 is 4.57. The minimum absolute atomic E-state index is 0.0136. The van der Waals surface area contributed by atoms with Crippen molar-refractivity contribution >= 4 is 6.09 Å². The van der Waals surface area contributed by atoms with E-state index in [1.165, 1.54) is 5.01 Å². The van der Waals surface area contributed by atoms with Crippen LogP contribution in [0.4, 0.5) is 4.79 Å². The van der Waals surface area contributed by atoms with E-state index in [1.807, 2.05) is 0 Å². The van der Waals surface area contributed by atoms with Gasteiger partial charge in [-0.3, -0.25) is 5.43 Å². The zero-order chi connectivity index (χ0) is 8.85. The van der Waals surface area contributed by atoms with Gasteiger partial charge in [0.15, 0.2) is 0 Å². The van der Waals surface area contributed by atoms with Crippen molar-refractivity contribution in [2.24, 2.45) is 0 Å². The van der Waals surface area contributed by atoms with Crippen LogP contribution in [0.25, 0.3) is 0 Å². The summed E-state index contributed by atoms with van der Waals surface area (Å²) >= 11 is 0. The van der Waals surface area contributed by atoms with E-state index in [1.54, 1.807) is 21.0 Å². The Morgan fingerprint density at radius 1 is 1.73 bits per heavy atom. The number of aliphatic hydroxyl groups is 1. The average Bonchev–Trinajstić information content (AvgIpc) is 1.82. The van der Waals surface area contributed by atoms with Crippen molar-refractivity contribution in [3.8, 4) is 0 Å². The second-order valence-corrected chi connectivity index (χ2v) is 2.45. The van der Waals surface area contributed by atoms with Gasteiger partial charge >= 0.3 is 6.09 Å². The van der Waals surface area contributed by atoms with Gasteiger partial charge in [-0.2, -0.15) is 0 Å². The molecule has 0 saturated heterocycles. The van der Waals surface area contributed by atoms with Crippen molar-refractivity contribution in [1.82, 2.24) is 10.4 Å². The number of carbonyl (C=O) groups is 1. The van der Waals surface area contributed by atoms with Gasteiger partial charge in [-0.15, -0.1) is 0 Å². The molecule has 0 aromatic carbocycles. The van der Waals surface area contributed by atoms with Gasteiger partial charge in [0.25, 0.3) is 0 Å². The first-order chi connectivity index (χ1) is 5.02. The van der Waals surface area contributed by atoms with E-state index >= 15 is 0 Å². The summed E-state index contributed by atoms with van der Waals surface area (Å²) in [7, 11) is 3.34. The molecule has 0 spiro atoms. The Labute approximate surface area is 65.9 Å². The Balaban J connectivity index is 3.38. The first kappa shape index (κ1) is 10.2. The molecule has 5 heteroatoms. The topological polar surface area (TPSA) is 61.8 Å². The Morgan fingerprint density at radius 3 is 2.64 bits per heavy atom. The van der Waals surface area contributed by atoms with E-state index < -0.39 is 12.2 Å². The van der Waals surface area contributed by atoms with Gasteiger partial charge in [-0.1, -0.05) is 0 Å². The van der Waals surface area contributed by atoms with E-state index in [0.29, 0.717) is 0 Å². The van der Waals surface area contributed by atoms with Crippen LogP contribution in [0.3, 0.4) is 0 Å². The molecule has 66 valence electrons. The molecule has 0 aromatic rings. The third-order valence-corrected chi connectivity index (χ3v) is 0.771. The van der Waals surface area contributed by atoms with Gasteiger partial charge < -0.3 is 9.84 Å². The van der Waals surface area contributed by atoms with Crippen LogP contribution in [0.2, 0.25) is 0 Å². The van der Waals surface area contributed by atoms with Crippen molar-refractivity contribution in [1.29, 1.82) is 0 Å². The summed E-state index contributed by atoms with van der Waals surface area (Å²) in [4.78, 5) is 10.7. The summed E-state index contributed by atoms with van der Waals surface area (Å²) in [6, 6.07) is 0. The molecule has 0 radical (unpaired) electrons. The van der Waals surface area contributed by atoms with Crippen LogP contribution in [-0.2, 0) is 4.74 Å². The molecule has 1 unspecified atom stereocenters. The van der Waals surface area contributed by atoms with Crippen LogP contribution in [0.15, 0.2) is 0 Å². The molecule has 0 saturated carbocycles. The molecule has 0 aliphatic carbocycles. The Bertz CT molecular complexity index is 125. The van der Waals surface area contributed by atoms with Gasteiger partial charge in [0, 0.05) is 14.1 Å². The zero-order valence-corrected chi connectivity index (χ0v) is 7.00. The maximum atomic E-state index is 10.7. The summed E-state index contributed by atoms with van der Waals surface area (Å²) in [5.74, 6) is 0. The van der Waals surface area contributed by atoms with E-state index in [0.717, 1.165) is 0 Å². The highest BCUT2D eigenvalue weighted by Crippen LogP contribution is 1.83. The lowest BCUT2D eigenvalue weighted by Gasteiger charge is -2.12. The highest BCUT2D eigenvalue weighted by molar-refractivity contribution is 5.66. The van der Waals surface area contributed by atoms with Crippen molar-refractivity contribution in [3.63, 3.8) is 0 Å². The lowest BCUT2D eigenvalue weighted by Crippen LogP contribution is -2.37. The lowest BCUT2D eigenvalue weighted by atomic mass is 10.4. The molecule has 5 nitrogen and oxygen atoms in total. The Morgan fingerprint density at radius 2 is 2.27 bits per heavy atom. The van der Waals surface area contributed by atoms with Crippen LogP contribution in [0.5, 0.6) is 0 Å². The number of ether oxygens (including phenoxy) is 1. The predicted molar refractivity (Wildman–Crippen MR) is 39.9 cm³/mol. The molecule has 0 aliphatic rings. The van der Waals surface area contributed by atoms with Crippen molar-refractivity contribution < 1.29 is 14.6 Å². The molecular weight excluding hydrogens is 148 g/mol. The van der Waals surface area contributed by atoms with Gasteiger partial charge in [0.2, 0.25) is 0 Å². The molecule has 0 rings (SSSR count). The fourth-order valence-electron chi connectivity index (χ4n) is 0.411. The summed E-state index contributed by atoms with van der Waals surface area (Å²) in [6.45, 7) is 1.56. The smallest absolute Gasteiger partial charge is 0.421 e. The first-order valence-corrected chi connectivity index (χ1v) is 3.31. The summed E-state index contributed by atoms with van der Waals surface area (Å²) in [5.41, 5.74) is 2.36. The monoisotopic (exact) mass is 162 g/mol. The van der Waals surface area contributed by atoms with Crippen molar-refractivity contribution in [2.45, 2.75) is 13.0 Å². The standard InChI is InChI=1S/C6H14N2O3/c1-5(9)4-11-6(10)7-8(2)3/h5,9H,4H2,1-3H3,(H,7,10). The largest absolute Gasteiger partial charge is 0.446 e. The fraction of sp³-hybridized carbons (Fsp3) is 0.833. The number of hydrogen-bond acceptors (Lipinski definition) is 4. The molecule has 0 aromatic heterocycles. The van der Waals surface area contributed by atoms with Gasteiger partial charge in [-0.25, -0.2) is 9.80 Å². The molecular formula is C6H14N2O3. The fourth-order valence-corrected chi connectivity index (χ4v) is 0.411. The molecule has 0 fully saturated rings. The van der Waals surface area contributed by atoms with Crippen LogP contribution in [-0.4, -0.2) is 43.0 Å². The van der Waals surface area contributed by atoms with Crippen molar-refractivity contribution in [3.05, 3.63) is 0 Å². The van der Waals surface area contributed by atoms with E-state index in [-0.39, 0.29) is 6.61 Å². The second-order valence-electron chi connectivity index (χ2n) is 2.45. The molecule has 2 N–H and O–H groups in total. The number of amides is 1. The van der Waals surface area contributed by atoms with Crippen LogP contribution < -0.4 is 5.43 Å². The number of nitrogens with one attached hydrogen (secondary N) is 1. The average molecular weight is 162 g/mol. The molecule has 0 heterocycles. The maximum Gasteiger partial charge on any atom is 0.421 e. The SMILES string of the molecule is CC(O)COC(=O)NN(C)C. The molecule has 1 amide bonds. The number of carbonyl (C=O) groups excluding carboxylic acids is 1. The van der Waals surface area contributed by atoms with Crippen LogP contribution >= 0.6 is 0 Å². The van der Waals surface area contributed by atoms with E-state index in [9.17, 15) is 4.79 Å². The maximum absolute atomic E-state index is 10.7. The molecule has 11 heavy (non-hydrogen) atoms. The molecule has 0 bridgehead atoms. The van der Waals surface area contributed by atoms with E-state index in [2.05, 4.69) is 10.2 Å². The van der Waals surface area contributed by atoms with Crippen LogP contribution in [0.1, 0.15) is 6.92 Å². The van der Waals surface area contributed by atoms with Crippen LogP contribution in [0, 0.1) is 0 Å². The Kier molecular flexibility index (Phi) is 4.56.